The standard InChI is InChI=1S/C33H51N3O5/c1-31-14-11-25(36(3)30(39)34-18-23-5-4-6-24(19-37)35-23)17-22(31)8-9-28-27(31)12-15-32(2)26(13-16-33(28,32)40)21-7-10-29(38)41-20-21/h7,10,20,22-28,35,37,40H,4-6,8-9,11-19H2,1-3H3,(H,34,39)/t22-,23?,24?,25+,26-,27+,28-,31+,32-,33+/m1/s1. The zero-order valence-corrected chi connectivity index (χ0v) is 25.2. The van der Waals surface area contributed by atoms with Crippen LogP contribution < -0.4 is 16.3 Å². The third-order valence-corrected chi connectivity index (χ3v) is 13.1. The highest BCUT2D eigenvalue weighted by Crippen LogP contribution is 2.70. The quantitative estimate of drug-likeness (QED) is 0.418. The molecule has 8 nitrogen and oxygen atoms in total. The lowest BCUT2D eigenvalue weighted by Gasteiger charge is -2.64. The maximum atomic E-state index is 13.2. The SMILES string of the molecule is CN(C(=O)NCC1CCCC(CO)N1)[C@H]1CC[C@@]2(C)[C@H](CC[C@@H]3[C@@H]2CC[C@]2(C)[C@@H](c4ccc(=O)oc4)CC[C@]32O)C1. The Bertz CT molecular complexity index is 1150. The predicted octanol–water partition coefficient (Wildman–Crippen LogP) is 4.39. The number of amides is 2. The largest absolute Gasteiger partial charge is 0.431 e. The van der Waals surface area contributed by atoms with Crippen LogP contribution in [0.2, 0.25) is 0 Å². The maximum absolute atomic E-state index is 13.2. The Morgan fingerprint density at radius 2 is 1.85 bits per heavy atom. The first kappa shape index (κ1) is 29.2. The Morgan fingerprint density at radius 1 is 1.05 bits per heavy atom. The number of carbonyl (C=O) groups is 1. The van der Waals surface area contributed by atoms with E-state index in [9.17, 15) is 19.8 Å². The summed E-state index contributed by atoms with van der Waals surface area (Å²) in [6, 6.07) is 4.04. The topological polar surface area (TPSA) is 115 Å². The molecule has 4 N–H and O–H groups in total. The van der Waals surface area contributed by atoms with Crippen LogP contribution in [0.4, 0.5) is 4.79 Å². The number of aliphatic hydroxyl groups is 2. The average Bonchev–Trinajstić information content (AvgIpc) is 3.26. The van der Waals surface area contributed by atoms with Crippen LogP contribution in [0.3, 0.4) is 0 Å². The van der Waals surface area contributed by atoms with Crippen molar-refractivity contribution in [1.82, 2.24) is 15.5 Å². The van der Waals surface area contributed by atoms with Crippen molar-refractivity contribution in [3.8, 4) is 0 Å². The predicted molar refractivity (Wildman–Crippen MR) is 158 cm³/mol. The first-order chi connectivity index (χ1) is 19.6. The second kappa shape index (κ2) is 11.0. The van der Waals surface area contributed by atoms with Gasteiger partial charge in [0.15, 0.2) is 0 Å². The van der Waals surface area contributed by atoms with Gasteiger partial charge in [-0.25, -0.2) is 9.59 Å². The van der Waals surface area contributed by atoms with Crippen molar-refractivity contribution in [2.24, 2.45) is 28.6 Å². The van der Waals surface area contributed by atoms with Gasteiger partial charge in [0.1, 0.15) is 0 Å². The summed E-state index contributed by atoms with van der Waals surface area (Å²) in [4.78, 5) is 26.7. The molecule has 1 saturated heterocycles. The van der Waals surface area contributed by atoms with Gasteiger partial charge < -0.3 is 30.2 Å². The molecule has 41 heavy (non-hydrogen) atoms. The minimum atomic E-state index is -0.694. The van der Waals surface area contributed by atoms with Gasteiger partial charge in [0.05, 0.1) is 18.5 Å². The summed E-state index contributed by atoms with van der Waals surface area (Å²) < 4.78 is 5.24. The minimum absolute atomic E-state index is 0.0108. The number of nitrogens with one attached hydrogen (secondary N) is 2. The molecule has 0 radical (unpaired) electrons. The molecule has 2 heterocycles. The number of piperidine rings is 1. The van der Waals surface area contributed by atoms with E-state index in [1.165, 1.54) is 6.07 Å². The molecule has 4 saturated carbocycles. The summed E-state index contributed by atoms with van der Waals surface area (Å²) in [6.07, 6.45) is 13.9. The lowest BCUT2D eigenvalue weighted by molar-refractivity contribution is -0.203. The van der Waals surface area contributed by atoms with Crippen molar-refractivity contribution in [3.05, 3.63) is 34.4 Å². The molecule has 8 heteroatoms. The van der Waals surface area contributed by atoms with Crippen LogP contribution in [0.15, 0.2) is 27.6 Å². The molecule has 10 atom stereocenters. The Morgan fingerprint density at radius 3 is 2.61 bits per heavy atom. The summed E-state index contributed by atoms with van der Waals surface area (Å²) in [5, 5.41) is 28.6. The van der Waals surface area contributed by atoms with Gasteiger partial charge in [-0.1, -0.05) is 20.3 Å². The van der Waals surface area contributed by atoms with Gasteiger partial charge in [0, 0.05) is 43.2 Å². The zero-order chi connectivity index (χ0) is 29.0. The van der Waals surface area contributed by atoms with Crippen LogP contribution in [-0.2, 0) is 0 Å². The van der Waals surface area contributed by atoms with E-state index in [1.54, 1.807) is 6.26 Å². The van der Waals surface area contributed by atoms with Crippen molar-refractivity contribution in [2.45, 2.75) is 121 Å². The van der Waals surface area contributed by atoms with Crippen LogP contribution in [0.5, 0.6) is 0 Å². The summed E-state index contributed by atoms with van der Waals surface area (Å²) >= 11 is 0. The lowest BCUT2D eigenvalue weighted by atomic mass is 9.43. The first-order valence-electron chi connectivity index (χ1n) is 16.3. The van der Waals surface area contributed by atoms with Crippen molar-refractivity contribution >= 4 is 6.03 Å². The molecule has 6 rings (SSSR count). The van der Waals surface area contributed by atoms with Gasteiger partial charge in [-0.3, -0.25) is 0 Å². The molecule has 2 unspecified atom stereocenters. The molecule has 5 aliphatic rings. The Labute approximate surface area is 244 Å². The van der Waals surface area contributed by atoms with Gasteiger partial charge in [-0.05, 0) is 111 Å². The van der Waals surface area contributed by atoms with Crippen molar-refractivity contribution in [1.29, 1.82) is 0 Å². The molecule has 228 valence electrons. The monoisotopic (exact) mass is 569 g/mol. The second-order valence-corrected chi connectivity index (χ2v) is 14.8. The van der Waals surface area contributed by atoms with E-state index in [0.717, 1.165) is 82.6 Å². The number of urea groups is 1. The molecule has 0 aromatic carbocycles. The second-order valence-electron chi connectivity index (χ2n) is 14.8. The highest BCUT2D eigenvalue weighted by molar-refractivity contribution is 5.74. The van der Waals surface area contributed by atoms with Crippen molar-refractivity contribution in [2.75, 3.05) is 20.2 Å². The highest BCUT2D eigenvalue weighted by Gasteiger charge is 2.67. The summed E-state index contributed by atoms with van der Waals surface area (Å²) in [5.74, 6) is 1.58. The lowest BCUT2D eigenvalue weighted by Crippen LogP contribution is -2.62. The first-order valence-corrected chi connectivity index (χ1v) is 16.3. The summed E-state index contributed by atoms with van der Waals surface area (Å²) in [5.41, 5.74) is 0.0165. The van der Waals surface area contributed by atoms with E-state index in [-0.39, 0.29) is 53.1 Å². The summed E-state index contributed by atoms with van der Waals surface area (Å²) in [6.45, 7) is 5.53. The average molecular weight is 570 g/mol. The molecule has 0 bridgehead atoms. The molecular weight excluding hydrogens is 518 g/mol. The Kier molecular flexibility index (Phi) is 7.82. The van der Waals surface area contributed by atoms with Crippen LogP contribution in [0, 0.1) is 28.6 Å². The Hall–Kier alpha value is -1.90. The van der Waals surface area contributed by atoms with E-state index in [4.69, 9.17) is 4.42 Å². The molecule has 5 fully saturated rings. The third kappa shape index (κ3) is 4.86. The number of hydrogen-bond donors (Lipinski definition) is 4. The van der Waals surface area contributed by atoms with E-state index in [1.807, 2.05) is 18.0 Å². The van der Waals surface area contributed by atoms with E-state index in [0.29, 0.717) is 24.3 Å². The highest BCUT2D eigenvalue weighted by atomic mass is 16.4. The molecule has 2 amide bonds. The molecule has 0 spiro atoms. The molecule has 1 aromatic rings. The molecule has 4 aliphatic carbocycles. The van der Waals surface area contributed by atoms with Crippen LogP contribution in [0.25, 0.3) is 0 Å². The molecular formula is C33H51N3O5. The van der Waals surface area contributed by atoms with Crippen molar-refractivity contribution in [3.63, 3.8) is 0 Å². The van der Waals surface area contributed by atoms with Crippen molar-refractivity contribution < 1.29 is 19.4 Å². The molecule has 1 aliphatic heterocycles. The fraction of sp³-hybridized carbons (Fsp3) is 0.818. The fourth-order valence-electron chi connectivity index (χ4n) is 10.6. The number of carbonyl (C=O) groups excluding carboxylic acids is 1. The minimum Gasteiger partial charge on any atom is -0.431 e. The number of fused-ring (bicyclic) bond motifs is 5. The smallest absolute Gasteiger partial charge is 0.335 e. The maximum Gasteiger partial charge on any atom is 0.335 e. The number of aliphatic hydroxyl groups excluding tert-OH is 1. The zero-order valence-electron chi connectivity index (χ0n) is 25.2. The van der Waals surface area contributed by atoms with Crippen LogP contribution in [0.1, 0.15) is 102 Å². The van der Waals surface area contributed by atoms with E-state index < -0.39 is 5.60 Å². The van der Waals surface area contributed by atoms with Gasteiger partial charge in [-0.2, -0.15) is 0 Å². The normalized spacial score (nSPS) is 43.9. The van der Waals surface area contributed by atoms with Gasteiger partial charge in [-0.15, -0.1) is 0 Å². The van der Waals surface area contributed by atoms with Crippen LogP contribution in [-0.4, -0.2) is 65.1 Å². The Balaban J connectivity index is 1.10. The number of nitrogens with zero attached hydrogens (tertiary/aromatic N) is 1. The van der Waals surface area contributed by atoms with E-state index >= 15 is 0 Å². The molecule has 1 aromatic heterocycles. The van der Waals surface area contributed by atoms with Gasteiger partial charge in [0.2, 0.25) is 0 Å². The fourth-order valence-corrected chi connectivity index (χ4v) is 10.6. The van der Waals surface area contributed by atoms with Gasteiger partial charge in [0.25, 0.3) is 0 Å². The van der Waals surface area contributed by atoms with Gasteiger partial charge >= 0.3 is 11.7 Å². The number of rotatable bonds is 5. The van der Waals surface area contributed by atoms with Crippen LogP contribution >= 0.6 is 0 Å². The van der Waals surface area contributed by atoms with E-state index in [2.05, 4.69) is 24.5 Å². The summed E-state index contributed by atoms with van der Waals surface area (Å²) in [7, 11) is 1.96. The number of hydrogen-bond acceptors (Lipinski definition) is 6. The third-order valence-electron chi connectivity index (χ3n) is 13.1.